The largest absolute Gasteiger partial charge is 0.481 e. The first-order valence-corrected chi connectivity index (χ1v) is 7.67. The lowest BCUT2D eigenvalue weighted by atomic mass is 10.1. The molecule has 1 saturated heterocycles. The summed E-state index contributed by atoms with van der Waals surface area (Å²) in [5.74, 6) is -1.13. The molecule has 1 aromatic rings. The van der Waals surface area contributed by atoms with Crippen LogP contribution >= 0.6 is 0 Å². The smallest absolute Gasteiger partial charge is 0.306 e. The Morgan fingerprint density at radius 1 is 1.21 bits per heavy atom. The number of benzene rings is 1. The number of hydrogen-bond donors (Lipinski definition) is 3. The monoisotopic (exact) mass is 339 g/mol. The minimum absolute atomic E-state index is 0.152. The number of hydrogen-bond acceptors (Lipinski definition) is 7. The van der Waals surface area contributed by atoms with Gasteiger partial charge >= 0.3 is 11.9 Å². The van der Waals surface area contributed by atoms with Crippen molar-refractivity contribution in [3.63, 3.8) is 0 Å². The van der Waals surface area contributed by atoms with Gasteiger partial charge in [0.15, 0.2) is 6.29 Å². The van der Waals surface area contributed by atoms with Gasteiger partial charge in [-0.1, -0.05) is 0 Å². The zero-order valence-corrected chi connectivity index (χ0v) is 13.1. The van der Waals surface area contributed by atoms with Gasteiger partial charge in [-0.05, 0) is 30.7 Å². The number of carboxylic acids is 1. The number of aliphatic hydroxyl groups is 1. The van der Waals surface area contributed by atoms with Crippen molar-refractivity contribution in [1.29, 1.82) is 0 Å². The zero-order valence-electron chi connectivity index (χ0n) is 13.1. The maximum Gasteiger partial charge on any atom is 0.306 e. The van der Waals surface area contributed by atoms with E-state index in [9.17, 15) is 14.7 Å². The first-order valence-electron chi connectivity index (χ1n) is 7.67. The van der Waals surface area contributed by atoms with Crippen LogP contribution in [0.5, 0.6) is 5.75 Å². The summed E-state index contributed by atoms with van der Waals surface area (Å²) in [7, 11) is 0. The van der Waals surface area contributed by atoms with Crippen LogP contribution in [0.3, 0.4) is 0 Å². The normalized spacial score (nSPS) is 23.5. The molecule has 1 aromatic carbocycles. The van der Waals surface area contributed by atoms with Crippen molar-refractivity contribution in [2.75, 3.05) is 12.3 Å². The van der Waals surface area contributed by atoms with Crippen molar-refractivity contribution in [3.8, 4) is 5.75 Å². The van der Waals surface area contributed by atoms with Crippen molar-refractivity contribution < 1.29 is 34.0 Å². The maximum absolute atomic E-state index is 11.4. The number of carboxylic acid groups (broad SMARTS) is 1. The summed E-state index contributed by atoms with van der Waals surface area (Å²) in [5, 5.41) is 18.5. The predicted molar refractivity (Wildman–Crippen MR) is 83.2 cm³/mol. The van der Waals surface area contributed by atoms with E-state index in [1.165, 1.54) is 0 Å². The summed E-state index contributed by atoms with van der Waals surface area (Å²) in [5.41, 5.74) is 6.23. The van der Waals surface area contributed by atoms with Gasteiger partial charge in [0, 0.05) is 12.1 Å². The molecular formula is C16H21NO7. The fourth-order valence-electron chi connectivity index (χ4n) is 2.24. The molecule has 3 atom stereocenters. The van der Waals surface area contributed by atoms with Crippen molar-refractivity contribution in [3.05, 3.63) is 24.3 Å². The van der Waals surface area contributed by atoms with Gasteiger partial charge in [-0.3, -0.25) is 9.59 Å². The third kappa shape index (κ3) is 5.71. The minimum Gasteiger partial charge on any atom is -0.481 e. The number of carbonyl (C=O) groups is 2. The van der Waals surface area contributed by atoms with Crippen LogP contribution in [0.1, 0.15) is 25.7 Å². The van der Waals surface area contributed by atoms with E-state index in [4.69, 9.17) is 25.1 Å². The average Bonchev–Trinajstić information content (AvgIpc) is 2.55. The molecule has 24 heavy (non-hydrogen) atoms. The van der Waals surface area contributed by atoms with Crippen molar-refractivity contribution >= 4 is 17.6 Å². The highest BCUT2D eigenvalue weighted by Gasteiger charge is 2.32. The van der Waals surface area contributed by atoms with E-state index in [-0.39, 0.29) is 19.4 Å². The Hall–Kier alpha value is -2.32. The number of aliphatic carboxylic acids is 1. The van der Waals surface area contributed by atoms with Gasteiger partial charge in [-0.25, -0.2) is 0 Å². The molecule has 1 aliphatic heterocycles. The summed E-state index contributed by atoms with van der Waals surface area (Å²) < 4.78 is 16.2. The molecule has 132 valence electrons. The molecule has 1 unspecified atom stereocenters. The van der Waals surface area contributed by atoms with Crippen LogP contribution in [-0.4, -0.2) is 47.3 Å². The molecule has 0 radical (unpaired) electrons. The van der Waals surface area contributed by atoms with Crippen molar-refractivity contribution in [2.45, 2.75) is 44.2 Å². The molecule has 0 aliphatic carbocycles. The molecule has 1 aliphatic rings. The molecule has 0 aromatic heterocycles. The van der Waals surface area contributed by atoms with E-state index in [1.54, 1.807) is 24.3 Å². The Morgan fingerprint density at radius 2 is 1.92 bits per heavy atom. The number of esters is 1. The van der Waals surface area contributed by atoms with Gasteiger partial charge < -0.3 is 30.2 Å². The molecule has 0 saturated carbocycles. The lowest BCUT2D eigenvalue weighted by Gasteiger charge is -2.33. The van der Waals surface area contributed by atoms with Crippen molar-refractivity contribution in [1.82, 2.24) is 0 Å². The average molecular weight is 339 g/mol. The second-order valence-electron chi connectivity index (χ2n) is 5.51. The van der Waals surface area contributed by atoms with Gasteiger partial charge in [0.25, 0.3) is 0 Å². The molecule has 2 rings (SSSR count). The summed E-state index contributed by atoms with van der Waals surface area (Å²) in [6, 6.07) is 6.83. The lowest BCUT2D eigenvalue weighted by Crippen LogP contribution is -2.44. The van der Waals surface area contributed by atoms with Gasteiger partial charge in [0.2, 0.25) is 0 Å². The highest BCUT2D eigenvalue weighted by atomic mass is 16.7. The third-order valence-electron chi connectivity index (χ3n) is 3.55. The van der Waals surface area contributed by atoms with E-state index >= 15 is 0 Å². The number of nitrogens with two attached hydrogens (primary N) is 1. The van der Waals surface area contributed by atoms with Crippen LogP contribution in [0.4, 0.5) is 5.69 Å². The molecule has 8 heteroatoms. The Balaban J connectivity index is 1.80. The van der Waals surface area contributed by atoms with Gasteiger partial charge in [-0.2, -0.15) is 0 Å². The zero-order chi connectivity index (χ0) is 17.5. The van der Waals surface area contributed by atoms with Gasteiger partial charge in [0.05, 0.1) is 18.9 Å². The van der Waals surface area contributed by atoms with Gasteiger partial charge in [0.1, 0.15) is 18.5 Å². The molecule has 1 heterocycles. The van der Waals surface area contributed by atoms with E-state index in [2.05, 4.69) is 0 Å². The highest BCUT2D eigenvalue weighted by molar-refractivity contribution is 5.76. The topological polar surface area (TPSA) is 128 Å². The summed E-state index contributed by atoms with van der Waals surface area (Å²) in [4.78, 5) is 21.8. The molecule has 0 amide bonds. The second-order valence-corrected chi connectivity index (χ2v) is 5.51. The number of rotatable bonds is 7. The Bertz CT molecular complexity index is 560. The number of ether oxygens (including phenoxy) is 3. The molecule has 1 fully saturated rings. The number of aliphatic hydroxyl groups excluding tert-OH is 1. The van der Waals surface area contributed by atoms with Crippen LogP contribution in [0.25, 0.3) is 0 Å². The Kier molecular flexibility index (Phi) is 6.39. The molecule has 0 spiro atoms. The fraction of sp³-hybridized carbons (Fsp3) is 0.500. The summed E-state index contributed by atoms with van der Waals surface area (Å²) >= 11 is 0. The predicted octanol–water partition coefficient (Wildman–Crippen LogP) is 0.922. The third-order valence-corrected chi connectivity index (χ3v) is 3.55. The number of carbonyl (C=O) groups excluding carboxylic acids is 1. The Morgan fingerprint density at radius 3 is 2.58 bits per heavy atom. The summed E-state index contributed by atoms with van der Waals surface area (Å²) in [6.45, 7) is -0.152. The standard InChI is InChI=1S/C16H21NO7/c17-10-1-3-11(4-2-10)23-16-8-5-12(18)13(24-16)9-22-15(21)7-6-14(19)20/h1-4,12-13,16,18H,5-9,17H2,(H,19,20)/t12-,13?,16-/m0/s1. The first kappa shape index (κ1) is 18.0. The van der Waals surface area contributed by atoms with Crippen LogP contribution in [0.2, 0.25) is 0 Å². The van der Waals surface area contributed by atoms with Crippen molar-refractivity contribution in [2.24, 2.45) is 0 Å². The number of nitrogen functional groups attached to an aromatic ring is 1. The van der Waals surface area contributed by atoms with E-state index < -0.39 is 30.4 Å². The van der Waals surface area contributed by atoms with Crippen LogP contribution in [-0.2, 0) is 19.1 Å². The highest BCUT2D eigenvalue weighted by Crippen LogP contribution is 2.24. The van der Waals surface area contributed by atoms with E-state index in [1.807, 2.05) is 0 Å². The lowest BCUT2D eigenvalue weighted by molar-refractivity contribution is -0.203. The van der Waals surface area contributed by atoms with E-state index in [0.29, 0.717) is 24.3 Å². The first-order chi connectivity index (χ1) is 11.4. The SMILES string of the molecule is Nc1ccc(O[C@@H]2CC[C@H](O)C(COC(=O)CCC(=O)O)O2)cc1. The quantitative estimate of drug-likeness (QED) is 0.494. The number of anilines is 1. The minimum atomic E-state index is -1.07. The molecule has 8 nitrogen and oxygen atoms in total. The summed E-state index contributed by atoms with van der Waals surface area (Å²) in [6.07, 6.45) is -1.64. The van der Waals surface area contributed by atoms with Crippen LogP contribution in [0, 0.1) is 0 Å². The molecular weight excluding hydrogens is 318 g/mol. The molecule has 0 bridgehead atoms. The Labute approximate surface area is 139 Å². The van der Waals surface area contributed by atoms with Crippen LogP contribution < -0.4 is 10.5 Å². The maximum atomic E-state index is 11.4. The fourth-order valence-corrected chi connectivity index (χ4v) is 2.24. The molecule has 4 N–H and O–H groups in total. The van der Waals surface area contributed by atoms with Gasteiger partial charge in [-0.15, -0.1) is 0 Å². The van der Waals surface area contributed by atoms with Crippen LogP contribution in [0.15, 0.2) is 24.3 Å². The van der Waals surface area contributed by atoms with E-state index in [0.717, 1.165) is 0 Å². The second kappa shape index (κ2) is 8.51.